The van der Waals surface area contributed by atoms with E-state index in [2.05, 4.69) is 23.3 Å². The highest BCUT2D eigenvalue weighted by Crippen LogP contribution is 2.36. The third-order valence-corrected chi connectivity index (χ3v) is 3.67. The first kappa shape index (κ1) is 13.9. The summed E-state index contributed by atoms with van der Waals surface area (Å²) in [6.45, 7) is 3.29. The van der Waals surface area contributed by atoms with Crippen molar-refractivity contribution in [2.24, 2.45) is 10.7 Å². The third kappa shape index (κ3) is 3.26. The Morgan fingerprint density at radius 1 is 1.47 bits per heavy atom. The smallest absolute Gasteiger partial charge is 0.188 e. The van der Waals surface area contributed by atoms with E-state index in [1.807, 2.05) is 18.2 Å². The number of nitrogens with zero attached hydrogens (tertiary/aromatic N) is 1. The predicted molar refractivity (Wildman–Crippen MR) is 78.1 cm³/mol. The van der Waals surface area contributed by atoms with Gasteiger partial charge in [0, 0.05) is 6.54 Å². The van der Waals surface area contributed by atoms with Gasteiger partial charge in [0.2, 0.25) is 0 Å². The van der Waals surface area contributed by atoms with Crippen molar-refractivity contribution >= 4 is 5.96 Å². The fourth-order valence-corrected chi connectivity index (χ4v) is 2.50. The molecule has 4 N–H and O–H groups in total. The first-order valence-corrected chi connectivity index (χ1v) is 7.00. The van der Waals surface area contributed by atoms with Crippen LogP contribution in [0.4, 0.5) is 0 Å². The van der Waals surface area contributed by atoms with Crippen molar-refractivity contribution in [1.82, 2.24) is 5.32 Å². The molecule has 0 heterocycles. The maximum absolute atomic E-state index is 10.7. The number of rotatable bonds is 5. The van der Waals surface area contributed by atoms with Gasteiger partial charge in [0.1, 0.15) is 5.60 Å². The van der Waals surface area contributed by atoms with E-state index in [0.717, 1.165) is 37.8 Å². The number of fused-ring (bicyclic) bond motifs is 1. The van der Waals surface area contributed by atoms with Crippen molar-refractivity contribution in [3.8, 4) is 0 Å². The van der Waals surface area contributed by atoms with Gasteiger partial charge in [-0.05, 0) is 30.4 Å². The second kappa shape index (κ2) is 6.06. The van der Waals surface area contributed by atoms with Gasteiger partial charge in [-0.15, -0.1) is 0 Å². The molecule has 104 valence electrons. The van der Waals surface area contributed by atoms with Crippen LogP contribution in [0.3, 0.4) is 0 Å². The Morgan fingerprint density at radius 3 is 3.05 bits per heavy atom. The van der Waals surface area contributed by atoms with E-state index in [9.17, 15) is 5.11 Å². The van der Waals surface area contributed by atoms with Gasteiger partial charge in [0.05, 0.1) is 6.54 Å². The largest absolute Gasteiger partial charge is 0.383 e. The molecule has 1 unspecified atom stereocenters. The van der Waals surface area contributed by atoms with Gasteiger partial charge in [-0.3, -0.25) is 4.99 Å². The number of benzene rings is 1. The molecule has 0 amide bonds. The van der Waals surface area contributed by atoms with Crippen molar-refractivity contribution in [2.75, 3.05) is 13.1 Å². The fourth-order valence-electron chi connectivity index (χ4n) is 2.50. The molecular formula is C15H23N3O. The van der Waals surface area contributed by atoms with Gasteiger partial charge in [-0.1, -0.05) is 37.6 Å². The lowest BCUT2D eigenvalue weighted by Gasteiger charge is -2.22. The van der Waals surface area contributed by atoms with Gasteiger partial charge in [0.25, 0.3) is 0 Å². The van der Waals surface area contributed by atoms with E-state index in [-0.39, 0.29) is 0 Å². The summed E-state index contributed by atoms with van der Waals surface area (Å²) in [5.41, 5.74) is 7.17. The molecule has 4 nitrogen and oxygen atoms in total. The molecule has 1 aliphatic rings. The Kier molecular flexibility index (Phi) is 4.43. The second-order valence-electron chi connectivity index (χ2n) is 5.17. The van der Waals surface area contributed by atoms with Crippen molar-refractivity contribution in [2.45, 2.75) is 38.2 Å². The molecule has 4 heteroatoms. The number of hydrogen-bond donors (Lipinski definition) is 3. The quantitative estimate of drug-likeness (QED) is 0.427. The van der Waals surface area contributed by atoms with Gasteiger partial charge in [-0.2, -0.15) is 0 Å². The van der Waals surface area contributed by atoms with Crippen LogP contribution in [0.1, 0.15) is 37.3 Å². The predicted octanol–water partition coefficient (Wildman–Crippen LogP) is 1.52. The van der Waals surface area contributed by atoms with Crippen LogP contribution in [0.5, 0.6) is 0 Å². The molecule has 0 saturated heterocycles. The Hall–Kier alpha value is -1.55. The van der Waals surface area contributed by atoms with Crippen LogP contribution in [-0.4, -0.2) is 24.2 Å². The molecule has 0 aliphatic heterocycles. The van der Waals surface area contributed by atoms with Crippen molar-refractivity contribution < 1.29 is 5.11 Å². The van der Waals surface area contributed by atoms with Gasteiger partial charge >= 0.3 is 0 Å². The minimum absolute atomic E-state index is 0.328. The molecule has 0 fully saturated rings. The van der Waals surface area contributed by atoms with E-state index in [1.54, 1.807) is 0 Å². The fraction of sp³-hybridized carbons (Fsp3) is 0.533. The summed E-state index contributed by atoms with van der Waals surface area (Å²) in [4.78, 5) is 4.28. The van der Waals surface area contributed by atoms with Crippen LogP contribution in [-0.2, 0) is 12.0 Å². The van der Waals surface area contributed by atoms with Crippen LogP contribution in [0.25, 0.3) is 0 Å². The summed E-state index contributed by atoms with van der Waals surface area (Å²) >= 11 is 0. The summed E-state index contributed by atoms with van der Waals surface area (Å²) in [7, 11) is 0. The number of aliphatic hydroxyl groups is 1. The third-order valence-electron chi connectivity index (χ3n) is 3.67. The lowest BCUT2D eigenvalue weighted by Crippen LogP contribution is -2.35. The average Bonchev–Trinajstić information content (AvgIpc) is 2.76. The monoisotopic (exact) mass is 261 g/mol. The topological polar surface area (TPSA) is 70.6 Å². The first-order valence-electron chi connectivity index (χ1n) is 7.00. The lowest BCUT2D eigenvalue weighted by atomic mass is 9.96. The lowest BCUT2D eigenvalue weighted by molar-refractivity contribution is 0.0486. The Labute approximate surface area is 114 Å². The van der Waals surface area contributed by atoms with Crippen LogP contribution in [0, 0.1) is 0 Å². The van der Waals surface area contributed by atoms with Crippen LogP contribution < -0.4 is 11.1 Å². The van der Waals surface area contributed by atoms with E-state index in [4.69, 9.17) is 5.73 Å². The summed E-state index contributed by atoms with van der Waals surface area (Å²) < 4.78 is 0. The number of hydrogen-bond acceptors (Lipinski definition) is 2. The molecule has 1 aliphatic carbocycles. The minimum atomic E-state index is -0.854. The zero-order valence-corrected chi connectivity index (χ0v) is 11.5. The highest BCUT2D eigenvalue weighted by molar-refractivity contribution is 5.77. The maximum Gasteiger partial charge on any atom is 0.188 e. The Balaban J connectivity index is 1.98. The molecular weight excluding hydrogens is 238 g/mol. The van der Waals surface area contributed by atoms with Crippen LogP contribution in [0.2, 0.25) is 0 Å². The Morgan fingerprint density at radius 2 is 2.26 bits per heavy atom. The molecule has 19 heavy (non-hydrogen) atoms. The summed E-state index contributed by atoms with van der Waals surface area (Å²) in [5.74, 6) is 0.422. The van der Waals surface area contributed by atoms with E-state index in [0.29, 0.717) is 12.5 Å². The molecule has 1 aromatic carbocycles. The number of aryl methyl sites for hydroxylation is 1. The molecule has 0 aromatic heterocycles. The highest BCUT2D eigenvalue weighted by Gasteiger charge is 2.36. The SMILES string of the molecule is CCCCNC(N)=NCC1(O)CCc2ccccc21. The van der Waals surface area contributed by atoms with E-state index < -0.39 is 5.60 Å². The number of aliphatic imine (C=N–C) groups is 1. The molecule has 1 aromatic rings. The summed E-state index contributed by atoms with van der Waals surface area (Å²) in [6.07, 6.45) is 3.82. The second-order valence-corrected chi connectivity index (χ2v) is 5.17. The van der Waals surface area contributed by atoms with E-state index in [1.165, 1.54) is 5.56 Å². The molecule has 0 saturated carbocycles. The normalized spacial score (nSPS) is 22.3. The summed E-state index contributed by atoms with van der Waals surface area (Å²) in [5, 5.41) is 13.7. The van der Waals surface area contributed by atoms with E-state index >= 15 is 0 Å². The minimum Gasteiger partial charge on any atom is -0.383 e. The zero-order chi connectivity index (χ0) is 13.7. The zero-order valence-electron chi connectivity index (χ0n) is 11.5. The molecule has 0 bridgehead atoms. The summed E-state index contributed by atoms with van der Waals surface area (Å²) in [6, 6.07) is 8.02. The number of unbranched alkanes of at least 4 members (excludes halogenated alkanes) is 1. The molecule has 1 atom stereocenters. The van der Waals surface area contributed by atoms with Crippen molar-refractivity contribution in [3.63, 3.8) is 0 Å². The first-order chi connectivity index (χ1) is 9.15. The number of guanidine groups is 1. The molecule has 0 spiro atoms. The Bertz CT molecular complexity index is 458. The molecule has 0 radical (unpaired) electrons. The number of nitrogens with one attached hydrogen (secondary N) is 1. The average molecular weight is 261 g/mol. The van der Waals surface area contributed by atoms with Gasteiger partial charge in [0.15, 0.2) is 5.96 Å². The van der Waals surface area contributed by atoms with Gasteiger partial charge in [-0.25, -0.2) is 0 Å². The van der Waals surface area contributed by atoms with Gasteiger partial charge < -0.3 is 16.2 Å². The van der Waals surface area contributed by atoms with Crippen molar-refractivity contribution in [3.05, 3.63) is 35.4 Å². The number of nitrogens with two attached hydrogens (primary N) is 1. The maximum atomic E-state index is 10.7. The standard InChI is InChI=1S/C15H23N3O/c1-2-3-10-17-14(16)18-11-15(19)9-8-12-6-4-5-7-13(12)15/h4-7,19H,2-3,8-11H2,1H3,(H3,16,17,18). The van der Waals surface area contributed by atoms with Crippen LogP contribution >= 0.6 is 0 Å². The molecule has 2 rings (SSSR count). The van der Waals surface area contributed by atoms with Crippen molar-refractivity contribution in [1.29, 1.82) is 0 Å². The van der Waals surface area contributed by atoms with Crippen LogP contribution in [0.15, 0.2) is 29.3 Å². The highest BCUT2D eigenvalue weighted by atomic mass is 16.3.